The Hall–Kier alpha value is -1.85. The highest BCUT2D eigenvalue weighted by molar-refractivity contribution is 5.95. The van der Waals surface area contributed by atoms with E-state index in [4.69, 9.17) is 4.74 Å². The van der Waals surface area contributed by atoms with Crippen LogP contribution in [0.1, 0.15) is 66.7 Å². The lowest BCUT2D eigenvalue weighted by Gasteiger charge is -2.21. The first-order valence-electron chi connectivity index (χ1n) is 9.02. The third kappa shape index (κ3) is 10.6. The zero-order chi connectivity index (χ0) is 19.5. The molecule has 1 unspecified atom stereocenters. The van der Waals surface area contributed by atoms with Gasteiger partial charge >= 0.3 is 5.97 Å². The van der Waals surface area contributed by atoms with Gasteiger partial charge in [0, 0.05) is 18.5 Å². The van der Waals surface area contributed by atoms with E-state index in [1.54, 1.807) is 13.8 Å². The predicted octanol–water partition coefficient (Wildman–Crippen LogP) is 2.72. The Labute approximate surface area is 151 Å². The van der Waals surface area contributed by atoms with E-state index in [0.29, 0.717) is 31.4 Å². The van der Waals surface area contributed by atoms with Crippen LogP contribution < -0.4 is 10.6 Å². The Bertz CT molecular complexity index is 472. The van der Waals surface area contributed by atoms with Crippen LogP contribution >= 0.6 is 0 Å². The zero-order valence-corrected chi connectivity index (χ0v) is 16.4. The molecular weight excluding hydrogens is 320 g/mol. The molecule has 1 atom stereocenters. The van der Waals surface area contributed by atoms with E-state index >= 15 is 0 Å². The minimum absolute atomic E-state index is 0.00587. The maximum atomic E-state index is 11.9. The number of unbranched alkanes of at least 4 members (excludes halogenated alkanes) is 1. The maximum absolute atomic E-state index is 11.9. The van der Waals surface area contributed by atoms with E-state index in [0.717, 1.165) is 12.8 Å². The quantitative estimate of drug-likeness (QED) is 0.321. The molecule has 0 saturated carbocycles. The number of rotatable bonds is 12. The standard InChI is InChI=1S/C19H34N2O4/c1-7-19(5,6)13-16(22)20-12-10-9-11-15(18(24)25-8-2)21-17(23)14(3)4/h15H,3,7-13H2,1-2,4-6H3,(H,20,22)(H,21,23). The molecule has 0 fully saturated rings. The molecular formula is C19H34N2O4. The van der Waals surface area contributed by atoms with Crippen LogP contribution in [0.5, 0.6) is 0 Å². The summed E-state index contributed by atoms with van der Waals surface area (Å²) in [4.78, 5) is 35.5. The molecule has 2 amide bonds. The summed E-state index contributed by atoms with van der Waals surface area (Å²) < 4.78 is 4.99. The summed E-state index contributed by atoms with van der Waals surface area (Å²) in [6.07, 6.45) is 3.34. The van der Waals surface area contributed by atoms with Gasteiger partial charge in [0.25, 0.3) is 0 Å². The smallest absolute Gasteiger partial charge is 0.328 e. The van der Waals surface area contributed by atoms with Crippen molar-refractivity contribution in [2.75, 3.05) is 13.2 Å². The van der Waals surface area contributed by atoms with Crippen molar-refractivity contribution in [3.8, 4) is 0 Å². The summed E-state index contributed by atoms with van der Waals surface area (Å²) in [6.45, 7) is 13.9. The van der Waals surface area contributed by atoms with E-state index in [9.17, 15) is 14.4 Å². The fourth-order valence-electron chi connectivity index (χ4n) is 2.10. The van der Waals surface area contributed by atoms with Crippen molar-refractivity contribution in [2.45, 2.75) is 72.8 Å². The average Bonchev–Trinajstić information content (AvgIpc) is 2.52. The number of nitrogens with one attached hydrogen (secondary N) is 2. The number of hydrogen-bond donors (Lipinski definition) is 2. The second kappa shape index (κ2) is 11.7. The van der Waals surface area contributed by atoms with Crippen LogP contribution in [0.2, 0.25) is 0 Å². The second-order valence-corrected chi connectivity index (χ2v) is 7.10. The van der Waals surface area contributed by atoms with Crippen LogP contribution in [0.3, 0.4) is 0 Å². The van der Waals surface area contributed by atoms with Crippen molar-refractivity contribution in [3.05, 3.63) is 12.2 Å². The van der Waals surface area contributed by atoms with Crippen LogP contribution in [0.15, 0.2) is 12.2 Å². The molecule has 0 aliphatic heterocycles. The molecule has 0 aliphatic rings. The van der Waals surface area contributed by atoms with Crippen LogP contribution in [0.25, 0.3) is 0 Å². The summed E-state index contributed by atoms with van der Waals surface area (Å²) in [5, 5.41) is 5.54. The largest absolute Gasteiger partial charge is 0.464 e. The lowest BCUT2D eigenvalue weighted by Crippen LogP contribution is -2.42. The lowest BCUT2D eigenvalue weighted by atomic mass is 9.86. The molecule has 0 bridgehead atoms. The van der Waals surface area contributed by atoms with Gasteiger partial charge in [-0.05, 0) is 38.5 Å². The number of esters is 1. The highest BCUT2D eigenvalue weighted by atomic mass is 16.5. The second-order valence-electron chi connectivity index (χ2n) is 7.10. The maximum Gasteiger partial charge on any atom is 0.328 e. The topological polar surface area (TPSA) is 84.5 Å². The first kappa shape index (κ1) is 23.1. The highest BCUT2D eigenvalue weighted by Crippen LogP contribution is 2.23. The monoisotopic (exact) mass is 354 g/mol. The molecule has 25 heavy (non-hydrogen) atoms. The first-order valence-corrected chi connectivity index (χ1v) is 9.02. The normalized spacial score (nSPS) is 12.2. The molecule has 0 aromatic heterocycles. The Balaban J connectivity index is 4.25. The molecule has 0 aromatic carbocycles. The van der Waals surface area contributed by atoms with Gasteiger partial charge in [0.1, 0.15) is 6.04 Å². The highest BCUT2D eigenvalue weighted by Gasteiger charge is 2.22. The Morgan fingerprint density at radius 2 is 1.80 bits per heavy atom. The van der Waals surface area contributed by atoms with Crippen molar-refractivity contribution in [1.82, 2.24) is 10.6 Å². The number of carbonyl (C=O) groups excluding carboxylic acids is 3. The summed E-state index contributed by atoms with van der Waals surface area (Å²) in [5.74, 6) is -0.747. The molecule has 2 N–H and O–H groups in total. The van der Waals surface area contributed by atoms with E-state index in [1.165, 1.54) is 0 Å². The van der Waals surface area contributed by atoms with Crippen molar-refractivity contribution < 1.29 is 19.1 Å². The minimum atomic E-state index is -0.682. The van der Waals surface area contributed by atoms with E-state index < -0.39 is 12.0 Å². The van der Waals surface area contributed by atoms with Gasteiger partial charge in [-0.2, -0.15) is 0 Å². The van der Waals surface area contributed by atoms with E-state index in [-0.39, 0.29) is 23.8 Å². The summed E-state index contributed by atoms with van der Waals surface area (Å²) in [5.41, 5.74) is 0.353. The molecule has 6 heteroatoms. The summed E-state index contributed by atoms with van der Waals surface area (Å²) in [7, 11) is 0. The van der Waals surface area contributed by atoms with Gasteiger partial charge < -0.3 is 15.4 Å². The van der Waals surface area contributed by atoms with Crippen molar-refractivity contribution in [2.24, 2.45) is 5.41 Å². The van der Waals surface area contributed by atoms with Gasteiger partial charge in [-0.3, -0.25) is 9.59 Å². The fraction of sp³-hybridized carbons (Fsp3) is 0.737. The Kier molecular flexibility index (Phi) is 10.8. The average molecular weight is 354 g/mol. The van der Waals surface area contributed by atoms with Crippen LogP contribution in [0.4, 0.5) is 0 Å². The van der Waals surface area contributed by atoms with Crippen molar-refractivity contribution >= 4 is 17.8 Å². The fourth-order valence-corrected chi connectivity index (χ4v) is 2.10. The van der Waals surface area contributed by atoms with Gasteiger partial charge in [0.2, 0.25) is 11.8 Å². The molecule has 0 aliphatic carbocycles. The Morgan fingerprint density at radius 3 is 2.32 bits per heavy atom. The van der Waals surface area contributed by atoms with Crippen molar-refractivity contribution in [1.29, 1.82) is 0 Å². The van der Waals surface area contributed by atoms with Gasteiger partial charge in [-0.1, -0.05) is 33.8 Å². The predicted molar refractivity (Wildman–Crippen MR) is 98.9 cm³/mol. The molecule has 0 rings (SSSR count). The minimum Gasteiger partial charge on any atom is -0.464 e. The van der Waals surface area contributed by atoms with Gasteiger partial charge in [0.15, 0.2) is 0 Å². The first-order chi connectivity index (χ1) is 11.6. The van der Waals surface area contributed by atoms with E-state index in [2.05, 4.69) is 38.0 Å². The van der Waals surface area contributed by atoms with Crippen LogP contribution in [-0.4, -0.2) is 37.0 Å². The molecule has 0 aromatic rings. The van der Waals surface area contributed by atoms with Crippen molar-refractivity contribution in [3.63, 3.8) is 0 Å². The van der Waals surface area contributed by atoms with Gasteiger partial charge in [-0.25, -0.2) is 4.79 Å². The summed E-state index contributed by atoms with van der Waals surface area (Å²) in [6, 6.07) is -0.682. The SMILES string of the molecule is C=C(C)C(=O)NC(CCCCNC(=O)CC(C)(C)CC)C(=O)OCC. The van der Waals surface area contributed by atoms with Gasteiger partial charge in [-0.15, -0.1) is 0 Å². The number of amides is 2. The molecule has 0 spiro atoms. The molecule has 0 radical (unpaired) electrons. The molecule has 0 saturated heterocycles. The third-order valence-corrected chi connectivity index (χ3v) is 4.10. The number of ether oxygens (including phenoxy) is 1. The molecule has 6 nitrogen and oxygen atoms in total. The summed E-state index contributed by atoms with van der Waals surface area (Å²) >= 11 is 0. The zero-order valence-electron chi connectivity index (χ0n) is 16.4. The number of hydrogen-bond acceptors (Lipinski definition) is 4. The molecule has 0 heterocycles. The number of carbonyl (C=O) groups is 3. The molecule has 144 valence electrons. The van der Waals surface area contributed by atoms with Crippen LogP contribution in [-0.2, 0) is 19.1 Å². The van der Waals surface area contributed by atoms with E-state index in [1.807, 2.05) is 0 Å². The lowest BCUT2D eigenvalue weighted by molar-refractivity contribution is -0.147. The third-order valence-electron chi connectivity index (χ3n) is 4.10. The Morgan fingerprint density at radius 1 is 1.16 bits per heavy atom. The van der Waals surface area contributed by atoms with Crippen LogP contribution in [0, 0.1) is 5.41 Å². The van der Waals surface area contributed by atoms with Gasteiger partial charge in [0.05, 0.1) is 6.61 Å².